The van der Waals surface area contributed by atoms with Crippen LogP contribution < -0.4 is 0 Å². The molecule has 0 spiro atoms. The summed E-state index contributed by atoms with van der Waals surface area (Å²) < 4.78 is 11.3. The van der Waals surface area contributed by atoms with Crippen molar-refractivity contribution in [3.05, 3.63) is 0 Å². The summed E-state index contributed by atoms with van der Waals surface area (Å²) in [5, 5.41) is 0. The molecule has 0 aliphatic carbocycles. The maximum absolute atomic E-state index is 5.70. The minimum Gasteiger partial charge on any atom is -0.379 e. The van der Waals surface area contributed by atoms with Crippen LogP contribution >= 0.6 is 23.5 Å². The van der Waals surface area contributed by atoms with Gasteiger partial charge in [-0.1, -0.05) is 71.6 Å². The zero-order valence-electron chi connectivity index (χ0n) is 19.4. The van der Waals surface area contributed by atoms with E-state index in [1.807, 2.05) is 11.8 Å². The predicted molar refractivity (Wildman–Crippen MR) is 132 cm³/mol. The molecule has 0 aliphatic heterocycles. The van der Waals surface area contributed by atoms with Crippen LogP contribution in [0.15, 0.2) is 0 Å². The predicted octanol–water partition coefficient (Wildman–Crippen LogP) is 7.84. The first-order chi connectivity index (χ1) is 13.8. The summed E-state index contributed by atoms with van der Waals surface area (Å²) in [4.78, 5) is 0. The van der Waals surface area contributed by atoms with Crippen LogP contribution in [0.25, 0.3) is 0 Å². The van der Waals surface area contributed by atoms with Gasteiger partial charge in [0.2, 0.25) is 0 Å². The molecule has 0 fully saturated rings. The highest BCUT2D eigenvalue weighted by atomic mass is 32.2. The van der Waals surface area contributed by atoms with Gasteiger partial charge in [0.05, 0.1) is 13.2 Å². The quantitative estimate of drug-likeness (QED) is 0.144. The van der Waals surface area contributed by atoms with Gasteiger partial charge in [-0.2, -0.15) is 23.5 Å². The zero-order valence-corrected chi connectivity index (χ0v) is 21.0. The molecule has 2 nitrogen and oxygen atoms in total. The lowest BCUT2D eigenvalue weighted by Gasteiger charge is -2.16. The van der Waals surface area contributed by atoms with Gasteiger partial charge in [0.1, 0.15) is 0 Å². The van der Waals surface area contributed by atoms with Gasteiger partial charge in [-0.25, -0.2) is 0 Å². The molecule has 1 atom stereocenters. The van der Waals surface area contributed by atoms with Crippen molar-refractivity contribution in [1.29, 1.82) is 0 Å². The van der Waals surface area contributed by atoms with Crippen molar-refractivity contribution >= 4 is 23.5 Å². The molecule has 1 unspecified atom stereocenters. The molecule has 0 N–H and O–H groups in total. The van der Waals surface area contributed by atoms with Crippen LogP contribution in [0, 0.1) is 5.92 Å². The summed E-state index contributed by atoms with van der Waals surface area (Å²) in [7, 11) is 0. The Morgan fingerprint density at radius 2 is 1.14 bits per heavy atom. The fraction of sp³-hybridized carbons (Fsp3) is 1.00. The largest absolute Gasteiger partial charge is 0.379 e. The van der Waals surface area contributed by atoms with E-state index in [2.05, 4.69) is 31.9 Å². The molecule has 4 heteroatoms. The van der Waals surface area contributed by atoms with Crippen LogP contribution in [0.4, 0.5) is 0 Å². The molecular weight excluding hydrogens is 384 g/mol. The second-order valence-electron chi connectivity index (χ2n) is 7.92. The molecule has 0 bridgehead atoms. The molecule has 0 radical (unpaired) electrons. The summed E-state index contributed by atoms with van der Waals surface area (Å²) in [5.41, 5.74) is 0. The van der Waals surface area contributed by atoms with Gasteiger partial charge in [0, 0.05) is 13.2 Å². The van der Waals surface area contributed by atoms with Gasteiger partial charge in [-0.15, -0.1) is 0 Å². The van der Waals surface area contributed by atoms with Crippen LogP contribution in [0.1, 0.15) is 97.3 Å². The van der Waals surface area contributed by atoms with Gasteiger partial charge in [0.25, 0.3) is 0 Å². The second-order valence-corrected chi connectivity index (χ2v) is 10.1. The third-order valence-electron chi connectivity index (χ3n) is 5.12. The molecule has 0 rings (SSSR count). The summed E-state index contributed by atoms with van der Waals surface area (Å²) in [6, 6.07) is 0. The second kappa shape index (κ2) is 25.7. The van der Waals surface area contributed by atoms with Crippen molar-refractivity contribution in [1.82, 2.24) is 0 Å². The maximum Gasteiger partial charge on any atom is 0.0700 e. The highest BCUT2D eigenvalue weighted by molar-refractivity contribution is 7.99. The topological polar surface area (TPSA) is 18.5 Å². The first kappa shape index (κ1) is 28.6. The van der Waals surface area contributed by atoms with E-state index < -0.39 is 0 Å². The van der Waals surface area contributed by atoms with Gasteiger partial charge in [-0.3, -0.25) is 0 Å². The average molecular weight is 435 g/mol. The summed E-state index contributed by atoms with van der Waals surface area (Å²) >= 11 is 4.04. The Morgan fingerprint density at radius 3 is 1.71 bits per heavy atom. The SMILES string of the molecule is CCCCCCCC(CCCCCC)CSCCCOCCOCCCSC. The molecule has 0 aromatic carbocycles. The molecule has 0 aromatic rings. The van der Waals surface area contributed by atoms with Gasteiger partial charge in [0.15, 0.2) is 0 Å². The van der Waals surface area contributed by atoms with Gasteiger partial charge < -0.3 is 9.47 Å². The van der Waals surface area contributed by atoms with E-state index in [1.54, 1.807) is 0 Å². The normalized spacial score (nSPS) is 12.5. The standard InChI is InChI=1S/C24H50O2S2/c1-4-6-8-10-12-16-24(15-11-9-7-5-2)23-28-22-14-18-26-20-19-25-17-13-21-27-3/h24H,4-23H2,1-3H3. The van der Waals surface area contributed by atoms with E-state index in [1.165, 1.54) is 94.3 Å². The van der Waals surface area contributed by atoms with Gasteiger partial charge >= 0.3 is 0 Å². The van der Waals surface area contributed by atoms with Crippen LogP contribution in [0.2, 0.25) is 0 Å². The van der Waals surface area contributed by atoms with Crippen molar-refractivity contribution in [2.75, 3.05) is 49.9 Å². The summed E-state index contributed by atoms with van der Waals surface area (Å²) in [6.07, 6.45) is 20.1. The minimum absolute atomic E-state index is 0.749. The molecule has 170 valence electrons. The van der Waals surface area contributed by atoms with Crippen molar-refractivity contribution in [3.63, 3.8) is 0 Å². The Morgan fingerprint density at radius 1 is 0.607 bits per heavy atom. The first-order valence-electron chi connectivity index (χ1n) is 12.1. The number of ether oxygens (including phenoxy) is 2. The average Bonchev–Trinajstić information content (AvgIpc) is 2.71. The Balaban J connectivity index is 3.59. The van der Waals surface area contributed by atoms with E-state index in [0.717, 1.165) is 38.8 Å². The van der Waals surface area contributed by atoms with E-state index in [0.29, 0.717) is 0 Å². The zero-order chi connectivity index (χ0) is 20.5. The molecule has 28 heavy (non-hydrogen) atoms. The molecular formula is C24H50O2S2. The lowest BCUT2D eigenvalue weighted by Crippen LogP contribution is -2.08. The summed E-state index contributed by atoms with van der Waals surface area (Å²) in [6.45, 7) is 7.87. The Hall–Kier alpha value is 0.620. The van der Waals surface area contributed by atoms with E-state index in [9.17, 15) is 0 Å². The van der Waals surface area contributed by atoms with Gasteiger partial charge in [-0.05, 0) is 55.1 Å². The number of hydrogen-bond acceptors (Lipinski definition) is 4. The van der Waals surface area contributed by atoms with Crippen LogP contribution in [0.5, 0.6) is 0 Å². The third kappa shape index (κ3) is 22.9. The molecule has 0 heterocycles. The maximum atomic E-state index is 5.70. The Labute approximate surface area is 186 Å². The fourth-order valence-corrected chi connectivity index (χ4v) is 4.91. The molecule has 0 aliphatic rings. The van der Waals surface area contributed by atoms with E-state index in [-0.39, 0.29) is 0 Å². The minimum atomic E-state index is 0.749. The van der Waals surface area contributed by atoms with Crippen LogP contribution in [0.3, 0.4) is 0 Å². The molecule has 0 saturated carbocycles. The Bertz CT molecular complexity index is 277. The van der Waals surface area contributed by atoms with Crippen LogP contribution in [-0.2, 0) is 9.47 Å². The van der Waals surface area contributed by atoms with E-state index >= 15 is 0 Å². The van der Waals surface area contributed by atoms with Crippen molar-refractivity contribution in [2.45, 2.75) is 97.3 Å². The fourth-order valence-electron chi connectivity index (χ4n) is 3.35. The lowest BCUT2D eigenvalue weighted by molar-refractivity contribution is 0.0488. The highest BCUT2D eigenvalue weighted by Crippen LogP contribution is 2.23. The monoisotopic (exact) mass is 434 g/mol. The first-order valence-corrected chi connectivity index (χ1v) is 14.6. The Kier molecular flexibility index (Phi) is 26.2. The van der Waals surface area contributed by atoms with Crippen LogP contribution in [-0.4, -0.2) is 49.9 Å². The highest BCUT2D eigenvalue weighted by Gasteiger charge is 2.09. The molecule has 0 saturated heterocycles. The van der Waals surface area contributed by atoms with Crippen molar-refractivity contribution in [2.24, 2.45) is 5.92 Å². The number of hydrogen-bond donors (Lipinski definition) is 0. The molecule has 0 amide bonds. The number of unbranched alkanes of at least 4 members (excludes halogenated alkanes) is 7. The summed E-state index contributed by atoms with van der Waals surface area (Å²) in [5.74, 6) is 4.74. The van der Waals surface area contributed by atoms with Crippen molar-refractivity contribution in [3.8, 4) is 0 Å². The number of thioether (sulfide) groups is 2. The van der Waals surface area contributed by atoms with E-state index in [4.69, 9.17) is 9.47 Å². The lowest BCUT2D eigenvalue weighted by atomic mass is 9.96. The third-order valence-corrected chi connectivity index (χ3v) is 7.10. The van der Waals surface area contributed by atoms with Crippen molar-refractivity contribution < 1.29 is 9.47 Å². The smallest absolute Gasteiger partial charge is 0.0700 e. The molecule has 0 aromatic heterocycles. The number of rotatable bonds is 24.